The van der Waals surface area contributed by atoms with E-state index >= 15 is 0 Å². The van der Waals surface area contributed by atoms with Crippen LogP contribution in [0.15, 0.2) is 28.4 Å². The summed E-state index contributed by atoms with van der Waals surface area (Å²) in [5, 5.41) is 19.2. The normalized spacial score (nSPS) is 14.2. The molecule has 1 aromatic rings. The number of carboxylic acid groups (broad SMARTS) is 1. The molecule has 0 saturated carbocycles. The molecule has 2 rings (SSSR count). The maximum Gasteiger partial charge on any atom is 0.335 e. The first-order valence-corrected chi connectivity index (χ1v) is 6.66. The van der Waals surface area contributed by atoms with E-state index in [1.807, 2.05) is 0 Å². The van der Waals surface area contributed by atoms with Crippen molar-refractivity contribution in [2.45, 2.75) is 24.9 Å². The van der Waals surface area contributed by atoms with Crippen molar-refractivity contribution in [2.24, 2.45) is 10.2 Å². The molecule has 0 radical (unpaired) electrons. The Hall–Kier alpha value is -2.75. The number of rotatable bonds is 7. The molecule has 22 heavy (non-hydrogen) atoms. The van der Waals surface area contributed by atoms with Crippen molar-refractivity contribution < 1.29 is 19.1 Å². The fraction of sp³-hybridized carbons (Fsp3) is 0.333. The van der Waals surface area contributed by atoms with Crippen molar-refractivity contribution in [3.8, 4) is 12.3 Å². The zero-order valence-corrected chi connectivity index (χ0v) is 11.7. The van der Waals surface area contributed by atoms with Gasteiger partial charge in [0.25, 0.3) is 5.91 Å². The molecular formula is C15H14FN3O3. The molecule has 0 fully saturated rings. The number of carboxylic acids is 1. The van der Waals surface area contributed by atoms with Crippen LogP contribution in [0, 0.1) is 18.2 Å². The summed E-state index contributed by atoms with van der Waals surface area (Å²) in [6.07, 6.45) is 6.85. The highest BCUT2D eigenvalue weighted by atomic mass is 19.1. The molecule has 1 aliphatic rings. The van der Waals surface area contributed by atoms with Gasteiger partial charge in [0.05, 0.1) is 11.1 Å². The molecule has 7 heteroatoms. The van der Waals surface area contributed by atoms with Gasteiger partial charge in [-0.2, -0.15) is 10.2 Å². The van der Waals surface area contributed by atoms with E-state index < -0.39 is 23.4 Å². The highest BCUT2D eigenvalue weighted by molar-refractivity contribution is 5.96. The number of aromatic carboxylic acids is 1. The molecule has 0 spiro atoms. The van der Waals surface area contributed by atoms with Crippen LogP contribution in [-0.2, 0) is 0 Å². The van der Waals surface area contributed by atoms with Crippen LogP contribution < -0.4 is 5.32 Å². The summed E-state index contributed by atoms with van der Waals surface area (Å²) in [6.45, 7) is 0.274. The molecule has 0 aliphatic carbocycles. The minimum Gasteiger partial charge on any atom is -0.478 e. The summed E-state index contributed by atoms with van der Waals surface area (Å²) in [5.41, 5.74) is -0.920. The van der Waals surface area contributed by atoms with E-state index in [1.165, 1.54) is 6.07 Å². The second-order valence-electron chi connectivity index (χ2n) is 4.89. The van der Waals surface area contributed by atoms with Crippen molar-refractivity contribution in [1.29, 1.82) is 0 Å². The minimum atomic E-state index is -1.25. The van der Waals surface area contributed by atoms with Gasteiger partial charge in [-0.25, -0.2) is 9.18 Å². The lowest BCUT2D eigenvalue weighted by Gasteiger charge is -2.10. The lowest BCUT2D eigenvalue weighted by Crippen LogP contribution is -2.29. The van der Waals surface area contributed by atoms with Gasteiger partial charge in [0.2, 0.25) is 0 Å². The van der Waals surface area contributed by atoms with Crippen molar-refractivity contribution in [3.05, 3.63) is 35.1 Å². The molecule has 1 aromatic carbocycles. The first-order chi connectivity index (χ1) is 10.5. The van der Waals surface area contributed by atoms with Crippen molar-refractivity contribution in [1.82, 2.24) is 5.32 Å². The molecule has 0 aromatic heterocycles. The van der Waals surface area contributed by atoms with Crippen LogP contribution in [0.2, 0.25) is 0 Å². The summed E-state index contributed by atoms with van der Waals surface area (Å²) in [6, 6.07) is 3.14. The number of amides is 1. The largest absolute Gasteiger partial charge is 0.478 e. The highest BCUT2D eigenvalue weighted by Gasteiger charge is 2.38. The molecule has 1 aliphatic heterocycles. The van der Waals surface area contributed by atoms with Crippen molar-refractivity contribution in [2.75, 3.05) is 6.54 Å². The fourth-order valence-corrected chi connectivity index (χ4v) is 1.97. The predicted molar refractivity (Wildman–Crippen MR) is 76.0 cm³/mol. The average molecular weight is 303 g/mol. The molecule has 1 heterocycles. The van der Waals surface area contributed by atoms with E-state index in [0.717, 1.165) is 12.1 Å². The number of nitrogens with one attached hydrogen (secondary N) is 1. The third kappa shape index (κ3) is 3.67. The first-order valence-electron chi connectivity index (χ1n) is 6.66. The van der Waals surface area contributed by atoms with Crippen LogP contribution in [0.25, 0.3) is 0 Å². The van der Waals surface area contributed by atoms with Gasteiger partial charge in [0, 0.05) is 25.8 Å². The molecule has 1 amide bonds. The molecule has 0 saturated heterocycles. The number of carbonyl (C=O) groups excluding carboxylic acids is 1. The number of carbonyl (C=O) groups is 2. The van der Waals surface area contributed by atoms with Gasteiger partial charge in [0.1, 0.15) is 5.82 Å². The molecule has 114 valence electrons. The van der Waals surface area contributed by atoms with E-state index in [1.54, 1.807) is 0 Å². The topological polar surface area (TPSA) is 91.1 Å². The molecule has 6 nitrogen and oxygen atoms in total. The Morgan fingerprint density at radius 1 is 1.36 bits per heavy atom. The Bertz CT molecular complexity index is 673. The molecule has 0 bridgehead atoms. The van der Waals surface area contributed by atoms with Crippen molar-refractivity contribution >= 4 is 11.9 Å². The zero-order valence-electron chi connectivity index (χ0n) is 11.7. The lowest BCUT2D eigenvalue weighted by molar-refractivity contribution is 0.0695. The molecule has 0 unspecified atom stereocenters. The second kappa shape index (κ2) is 6.35. The Balaban J connectivity index is 1.88. The van der Waals surface area contributed by atoms with Gasteiger partial charge in [-0.3, -0.25) is 4.79 Å². The fourth-order valence-electron chi connectivity index (χ4n) is 1.97. The monoisotopic (exact) mass is 303 g/mol. The summed E-state index contributed by atoms with van der Waals surface area (Å²) < 4.78 is 13.7. The van der Waals surface area contributed by atoms with E-state index in [2.05, 4.69) is 21.5 Å². The number of halogens is 1. The van der Waals surface area contributed by atoms with Gasteiger partial charge in [-0.05, 0) is 18.2 Å². The summed E-state index contributed by atoms with van der Waals surface area (Å²) in [7, 11) is 0. The Morgan fingerprint density at radius 3 is 2.64 bits per heavy atom. The number of terminal acetylenes is 1. The number of hydrogen-bond acceptors (Lipinski definition) is 4. The Kier molecular flexibility index (Phi) is 4.51. The minimum absolute atomic E-state index is 0.202. The van der Waals surface area contributed by atoms with E-state index in [-0.39, 0.29) is 17.7 Å². The summed E-state index contributed by atoms with van der Waals surface area (Å²) in [5.74, 6) is -0.230. The highest BCUT2D eigenvalue weighted by Crippen LogP contribution is 2.36. The van der Waals surface area contributed by atoms with Gasteiger partial charge < -0.3 is 10.4 Å². The first kappa shape index (κ1) is 15.6. The molecule has 2 N–H and O–H groups in total. The average Bonchev–Trinajstić information content (AvgIpc) is 3.25. The maximum absolute atomic E-state index is 13.7. The Morgan fingerprint density at radius 2 is 2.09 bits per heavy atom. The van der Waals surface area contributed by atoms with Crippen LogP contribution in [-0.4, -0.2) is 29.2 Å². The smallest absolute Gasteiger partial charge is 0.335 e. The quantitative estimate of drug-likeness (QED) is 0.757. The Labute approximate surface area is 126 Å². The van der Waals surface area contributed by atoms with Gasteiger partial charge >= 0.3 is 5.97 Å². The number of hydrogen-bond donors (Lipinski definition) is 2. The maximum atomic E-state index is 13.7. The SMILES string of the molecule is C#CCCC1(CCNC(=O)c2ccc(C(=O)O)cc2F)N=N1. The van der Waals surface area contributed by atoms with Crippen molar-refractivity contribution in [3.63, 3.8) is 0 Å². The third-order valence-electron chi connectivity index (χ3n) is 3.32. The predicted octanol–water partition coefficient (Wildman–Crippen LogP) is 2.22. The van der Waals surface area contributed by atoms with E-state index in [0.29, 0.717) is 19.3 Å². The summed E-state index contributed by atoms with van der Waals surface area (Å²) in [4.78, 5) is 22.6. The lowest BCUT2D eigenvalue weighted by atomic mass is 10.0. The van der Waals surface area contributed by atoms with E-state index in [9.17, 15) is 14.0 Å². The van der Waals surface area contributed by atoms with Crippen LogP contribution in [0.3, 0.4) is 0 Å². The molecular weight excluding hydrogens is 289 g/mol. The van der Waals surface area contributed by atoms with Crippen LogP contribution in [0.4, 0.5) is 4.39 Å². The third-order valence-corrected chi connectivity index (χ3v) is 3.32. The second-order valence-corrected chi connectivity index (χ2v) is 4.89. The molecule has 0 atom stereocenters. The van der Waals surface area contributed by atoms with Gasteiger partial charge in [-0.1, -0.05) is 0 Å². The zero-order chi connectivity index (χ0) is 16.2. The van der Waals surface area contributed by atoms with Crippen LogP contribution in [0.5, 0.6) is 0 Å². The van der Waals surface area contributed by atoms with Gasteiger partial charge in [0.15, 0.2) is 5.66 Å². The van der Waals surface area contributed by atoms with Crippen LogP contribution >= 0.6 is 0 Å². The van der Waals surface area contributed by atoms with Gasteiger partial charge in [-0.15, -0.1) is 12.3 Å². The standard InChI is InChI=1S/C15H14FN3O3/c1-2-3-6-15(18-19-15)7-8-17-13(20)11-5-4-10(14(21)22)9-12(11)16/h1,4-5,9H,3,6-8H2,(H,17,20)(H,21,22). The summed E-state index contributed by atoms with van der Waals surface area (Å²) >= 11 is 0. The van der Waals surface area contributed by atoms with E-state index in [4.69, 9.17) is 11.5 Å². The number of benzene rings is 1. The number of nitrogens with zero attached hydrogens (tertiary/aromatic N) is 2. The van der Waals surface area contributed by atoms with Crippen LogP contribution in [0.1, 0.15) is 40.0 Å².